The van der Waals surface area contributed by atoms with Crippen molar-refractivity contribution >= 4 is 34.6 Å². The smallest absolute Gasteiger partial charge is 0.414 e. The lowest BCUT2D eigenvalue weighted by Crippen LogP contribution is -2.26. The van der Waals surface area contributed by atoms with Crippen molar-refractivity contribution in [3.05, 3.63) is 63.2 Å². The van der Waals surface area contributed by atoms with Crippen LogP contribution < -0.4 is 15.2 Å². The fraction of sp³-hybridized carbons (Fsp3) is 0.385. The van der Waals surface area contributed by atoms with E-state index in [0.29, 0.717) is 25.3 Å². The Morgan fingerprint density at radius 1 is 1.19 bits per heavy atom. The number of rotatable bonds is 4. The van der Waals surface area contributed by atoms with Gasteiger partial charge < -0.3 is 19.3 Å². The molecule has 3 aliphatic rings. The van der Waals surface area contributed by atoms with Gasteiger partial charge in [-0.15, -0.1) is 0 Å². The van der Waals surface area contributed by atoms with Crippen molar-refractivity contribution in [1.82, 2.24) is 9.55 Å². The molecule has 2 aromatic heterocycles. The first-order valence-electron chi connectivity index (χ1n) is 12.1. The number of benzene rings is 1. The minimum absolute atomic E-state index is 0.0189. The Bertz CT molecular complexity index is 1480. The Morgan fingerprint density at radius 2 is 2.00 bits per heavy atom. The van der Waals surface area contributed by atoms with E-state index in [1.54, 1.807) is 9.47 Å². The molecule has 2 fully saturated rings. The molecule has 4 heterocycles. The highest BCUT2D eigenvalue weighted by molar-refractivity contribution is 5.92. The number of hydrogen-bond donors (Lipinski definition) is 1. The number of carboxylic acid groups (broad SMARTS) is 1. The van der Waals surface area contributed by atoms with Crippen molar-refractivity contribution in [2.24, 2.45) is 0 Å². The van der Waals surface area contributed by atoms with Gasteiger partial charge in [0, 0.05) is 31.0 Å². The summed E-state index contributed by atoms with van der Waals surface area (Å²) in [6, 6.07) is 7.02. The normalized spacial score (nSPS) is 19.8. The number of hydrogen-bond acceptors (Lipinski definition) is 6. The van der Waals surface area contributed by atoms with Crippen LogP contribution in [-0.2, 0) is 17.7 Å². The Morgan fingerprint density at radius 3 is 2.69 bits per heavy atom. The van der Waals surface area contributed by atoms with Gasteiger partial charge in [-0.3, -0.25) is 9.69 Å². The summed E-state index contributed by atoms with van der Waals surface area (Å²) < 4.78 is 22.3. The zero-order valence-corrected chi connectivity index (χ0v) is 19.7. The van der Waals surface area contributed by atoms with Crippen LogP contribution in [0.3, 0.4) is 0 Å². The van der Waals surface area contributed by atoms with E-state index < -0.39 is 17.2 Å². The molecule has 1 N–H and O–H groups in total. The van der Waals surface area contributed by atoms with Crippen LogP contribution in [0.1, 0.15) is 53.7 Å². The van der Waals surface area contributed by atoms with Gasteiger partial charge in [-0.2, -0.15) is 0 Å². The maximum absolute atomic E-state index is 15.4. The second-order valence-corrected chi connectivity index (χ2v) is 9.76. The monoisotopic (exact) mass is 492 g/mol. The number of halogens is 1. The summed E-state index contributed by atoms with van der Waals surface area (Å²) in [6.07, 6.45) is 4.05. The number of cyclic esters (lactones) is 1. The van der Waals surface area contributed by atoms with E-state index in [1.807, 2.05) is 30.0 Å². The number of pyridine rings is 2. The fourth-order valence-electron chi connectivity index (χ4n) is 5.15. The molecule has 1 saturated heterocycles. The lowest BCUT2D eigenvalue weighted by atomic mass is 10.0. The number of ether oxygens (including phenoxy) is 1. The number of fused-ring (bicyclic) bond motifs is 2. The molecule has 1 atom stereocenters. The average Bonchev–Trinajstić information content (AvgIpc) is 3.64. The lowest BCUT2D eigenvalue weighted by molar-refractivity contribution is 0.0694. The predicted octanol–water partition coefficient (Wildman–Crippen LogP) is 3.87. The van der Waals surface area contributed by atoms with Gasteiger partial charge in [-0.05, 0) is 61.9 Å². The van der Waals surface area contributed by atoms with Gasteiger partial charge in [0.15, 0.2) is 11.6 Å². The summed E-state index contributed by atoms with van der Waals surface area (Å²) >= 11 is 0. The van der Waals surface area contributed by atoms with Crippen molar-refractivity contribution in [2.75, 3.05) is 22.9 Å². The van der Waals surface area contributed by atoms with Crippen LogP contribution >= 0.6 is 0 Å². The SMILES string of the molecule is CC1CN(c2ccc3c(c2)CCCN(c2nc4c(cc2F)c(=O)c(C(=O)O)cn4C2CC2)C3)C(=O)O1. The number of carbonyl (C=O) groups is 2. The summed E-state index contributed by atoms with van der Waals surface area (Å²) in [5.41, 5.74) is 2.10. The molecule has 1 aliphatic carbocycles. The van der Waals surface area contributed by atoms with E-state index in [2.05, 4.69) is 4.98 Å². The summed E-state index contributed by atoms with van der Waals surface area (Å²) in [5, 5.41) is 9.44. The van der Waals surface area contributed by atoms with Crippen LogP contribution in [0.2, 0.25) is 0 Å². The molecule has 0 spiro atoms. The van der Waals surface area contributed by atoms with Gasteiger partial charge in [-0.1, -0.05) is 6.07 Å². The first-order valence-corrected chi connectivity index (χ1v) is 12.1. The molecule has 1 unspecified atom stereocenters. The molecule has 1 amide bonds. The Kier molecular flexibility index (Phi) is 5.20. The number of aromatic carboxylic acids is 1. The third kappa shape index (κ3) is 3.77. The summed E-state index contributed by atoms with van der Waals surface area (Å²) in [6.45, 7) is 3.34. The van der Waals surface area contributed by atoms with Crippen LogP contribution in [0.4, 0.5) is 20.7 Å². The fourth-order valence-corrected chi connectivity index (χ4v) is 5.15. The maximum Gasteiger partial charge on any atom is 0.414 e. The highest BCUT2D eigenvalue weighted by atomic mass is 19.1. The average molecular weight is 493 g/mol. The van der Waals surface area contributed by atoms with Crippen molar-refractivity contribution in [3.8, 4) is 0 Å². The van der Waals surface area contributed by atoms with E-state index in [9.17, 15) is 19.5 Å². The standard InChI is InChI=1S/C26H25FN4O5/c1-14-11-31(26(35)36-14)18-5-4-16-12-29(8-2-3-15(16)9-18)24-21(27)10-19-22(32)20(25(33)34)13-30(17-6-7-17)23(19)28-24/h4-5,9-10,13-14,17H,2-3,6-8,11-12H2,1H3,(H,33,34). The number of anilines is 2. The van der Waals surface area contributed by atoms with Crippen LogP contribution in [0, 0.1) is 5.82 Å². The second kappa shape index (κ2) is 8.32. The van der Waals surface area contributed by atoms with Gasteiger partial charge in [0.1, 0.15) is 17.3 Å². The molecule has 0 bridgehead atoms. The number of aromatic nitrogens is 2. The van der Waals surface area contributed by atoms with E-state index in [-0.39, 0.29) is 35.0 Å². The molecular formula is C26H25FN4O5. The van der Waals surface area contributed by atoms with Gasteiger partial charge in [0.25, 0.3) is 0 Å². The van der Waals surface area contributed by atoms with Gasteiger partial charge in [0.05, 0.1) is 11.9 Å². The third-order valence-corrected chi connectivity index (χ3v) is 7.11. The molecule has 6 rings (SSSR count). The first-order chi connectivity index (χ1) is 17.3. The highest BCUT2D eigenvalue weighted by Gasteiger charge is 2.31. The van der Waals surface area contributed by atoms with Crippen molar-refractivity contribution < 1.29 is 23.8 Å². The van der Waals surface area contributed by atoms with Crippen LogP contribution in [0.15, 0.2) is 35.3 Å². The highest BCUT2D eigenvalue weighted by Crippen LogP contribution is 2.37. The maximum atomic E-state index is 15.4. The topological polar surface area (TPSA) is 105 Å². The van der Waals surface area contributed by atoms with Crippen molar-refractivity contribution in [3.63, 3.8) is 0 Å². The molecule has 186 valence electrons. The van der Waals surface area contributed by atoms with Gasteiger partial charge >= 0.3 is 12.1 Å². The minimum Gasteiger partial charge on any atom is -0.477 e. The second-order valence-electron chi connectivity index (χ2n) is 9.76. The lowest BCUT2D eigenvalue weighted by Gasteiger charge is -2.24. The minimum atomic E-state index is -1.33. The Balaban J connectivity index is 1.38. The largest absolute Gasteiger partial charge is 0.477 e. The zero-order valence-electron chi connectivity index (χ0n) is 19.7. The number of nitrogens with zero attached hydrogens (tertiary/aromatic N) is 4. The number of amides is 1. The molecule has 0 radical (unpaired) electrons. The predicted molar refractivity (Wildman–Crippen MR) is 130 cm³/mol. The molecule has 3 aromatic rings. The van der Waals surface area contributed by atoms with Gasteiger partial charge in [0.2, 0.25) is 5.43 Å². The van der Waals surface area contributed by atoms with Crippen molar-refractivity contribution in [1.29, 1.82) is 0 Å². The van der Waals surface area contributed by atoms with Crippen LogP contribution in [-0.4, -0.2) is 45.9 Å². The molecule has 1 saturated carbocycles. The number of carbonyl (C=O) groups excluding carboxylic acids is 1. The third-order valence-electron chi connectivity index (χ3n) is 7.11. The van der Waals surface area contributed by atoms with Gasteiger partial charge in [-0.25, -0.2) is 19.0 Å². The zero-order chi connectivity index (χ0) is 25.1. The summed E-state index contributed by atoms with van der Waals surface area (Å²) in [7, 11) is 0. The van der Waals surface area contributed by atoms with Crippen molar-refractivity contribution in [2.45, 2.75) is 51.3 Å². The van der Waals surface area contributed by atoms with Crippen LogP contribution in [0.25, 0.3) is 11.0 Å². The number of carboxylic acids is 1. The quantitative estimate of drug-likeness (QED) is 0.590. The summed E-state index contributed by atoms with van der Waals surface area (Å²) in [5.74, 6) is -1.84. The molecular weight excluding hydrogens is 467 g/mol. The molecule has 2 aliphatic heterocycles. The van der Waals surface area contributed by atoms with E-state index in [1.165, 1.54) is 6.20 Å². The van der Waals surface area contributed by atoms with E-state index >= 15 is 4.39 Å². The Labute approximate surface area is 205 Å². The van der Waals surface area contributed by atoms with E-state index in [0.717, 1.165) is 48.6 Å². The molecule has 10 heteroatoms. The first kappa shape index (κ1) is 22.5. The Hall–Kier alpha value is -3.95. The van der Waals surface area contributed by atoms with Crippen LogP contribution in [0.5, 0.6) is 0 Å². The number of aryl methyl sites for hydroxylation is 1. The summed E-state index contributed by atoms with van der Waals surface area (Å²) in [4.78, 5) is 44.6. The van der Waals surface area contributed by atoms with E-state index in [4.69, 9.17) is 4.74 Å². The molecule has 1 aromatic carbocycles. The molecule has 36 heavy (non-hydrogen) atoms. The molecule has 9 nitrogen and oxygen atoms in total.